The Morgan fingerprint density at radius 1 is 1.10 bits per heavy atom. The summed E-state index contributed by atoms with van der Waals surface area (Å²) in [6, 6.07) is 6.78. The van der Waals surface area contributed by atoms with Gasteiger partial charge >= 0.3 is 5.97 Å². The van der Waals surface area contributed by atoms with Gasteiger partial charge in [-0.3, -0.25) is 14.4 Å². The van der Waals surface area contributed by atoms with Crippen LogP contribution in [0.4, 0.5) is 0 Å². The Balaban J connectivity index is 1.42. The summed E-state index contributed by atoms with van der Waals surface area (Å²) in [5.74, 6) is 12.2. The van der Waals surface area contributed by atoms with E-state index in [1.165, 1.54) is 0 Å². The molecule has 150 valence electrons. The topological polar surface area (TPSA) is 69.7 Å². The monoisotopic (exact) mass is 418 g/mol. The van der Waals surface area contributed by atoms with E-state index in [1.54, 1.807) is 48.2 Å². The van der Waals surface area contributed by atoms with Gasteiger partial charge in [0.05, 0.1) is 30.6 Å². The molecule has 5 nitrogen and oxygen atoms in total. The van der Waals surface area contributed by atoms with Crippen molar-refractivity contribution in [2.75, 3.05) is 18.1 Å². The Morgan fingerprint density at radius 3 is 2.63 bits per heavy atom. The van der Waals surface area contributed by atoms with Gasteiger partial charge in [0.2, 0.25) is 0 Å². The molecule has 6 heteroatoms. The van der Waals surface area contributed by atoms with Crippen LogP contribution < -0.4 is 0 Å². The summed E-state index contributed by atoms with van der Waals surface area (Å²) in [5, 5.41) is 0. The minimum Gasteiger partial charge on any atom is -0.445 e. The van der Waals surface area contributed by atoms with Gasteiger partial charge in [0, 0.05) is 28.7 Å². The van der Waals surface area contributed by atoms with Gasteiger partial charge < -0.3 is 9.47 Å². The van der Waals surface area contributed by atoms with Crippen LogP contribution in [-0.4, -0.2) is 47.9 Å². The highest BCUT2D eigenvalue weighted by atomic mass is 32.2. The summed E-state index contributed by atoms with van der Waals surface area (Å²) in [6.07, 6.45) is 2.27. The minimum atomic E-state index is -0.673. The van der Waals surface area contributed by atoms with E-state index in [-0.39, 0.29) is 31.0 Å². The lowest BCUT2D eigenvalue weighted by Crippen LogP contribution is -2.34. The number of ketones is 2. The standard InChI is InChI=1S/C24H18O5S/c25-22(29-16-7-2-1-5-11-30-12-6-8-16)14-17-13-20-21(15-28-17)24(27)19-10-4-3-9-18(19)23(20)26/h2-4,7,9-10,16-17H,11-15H2/b7-2-/t16?,17-/m1/s1. The molecule has 2 heterocycles. The Bertz CT molecular complexity index is 1090. The molecule has 3 aliphatic rings. The highest BCUT2D eigenvalue weighted by Crippen LogP contribution is 2.33. The molecule has 1 aromatic carbocycles. The van der Waals surface area contributed by atoms with E-state index in [9.17, 15) is 14.4 Å². The number of allylic oxidation sites excluding steroid dienone is 1. The Morgan fingerprint density at radius 2 is 1.83 bits per heavy atom. The lowest BCUT2D eigenvalue weighted by molar-refractivity contribution is -0.148. The second kappa shape index (κ2) is 9.17. The lowest BCUT2D eigenvalue weighted by atomic mass is 9.80. The molecule has 30 heavy (non-hydrogen) atoms. The molecular formula is C24H18O5S. The number of carbonyl (C=O) groups excluding carboxylic acids is 3. The summed E-state index contributed by atoms with van der Waals surface area (Å²) >= 11 is 1.60. The predicted octanol–water partition coefficient (Wildman–Crippen LogP) is 2.76. The number of carbonyl (C=O) groups is 3. The van der Waals surface area contributed by atoms with Crippen LogP contribution in [0.3, 0.4) is 0 Å². The fourth-order valence-electron chi connectivity index (χ4n) is 3.49. The highest BCUT2D eigenvalue weighted by Gasteiger charge is 2.37. The molecule has 1 aromatic rings. The molecule has 0 radical (unpaired) electrons. The predicted molar refractivity (Wildman–Crippen MR) is 113 cm³/mol. The van der Waals surface area contributed by atoms with Gasteiger partial charge in [-0.1, -0.05) is 47.9 Å². The molecule has 2 atom stereocenters. The molecule has 1 unspecified atom stereocenters. The fourth-order valence-corrected chi connectivity index (χ4v) is 3.96. The zero-order valence-electron chi connectivity index (χ0n) is 16.1. The zero-order valence-corrected chi connectivity index (χ0v) is 16.9. The molecule has 2 aliphatic heterocycles. The summed E-state index contributed by atoms with van der Waals surface area (Å²) < 4.78 is 11.2. The van der Waals surface area contributed by atoms with Crippen molar-refractivity contribution in [2.45, 2.75) is 25.0 Å². The van der Waals surface area contributed by atoms with Gasteiger partial charge in [-0.2, -0.15) is 0 Å². The number of hydrogen-bond acceptors (Lipinski definition) is 6. The van der Waals surface area contributed by atoms with E-state index in [2.05, 4.69) is 23.7 Å². The molecule has 0 aromatic heterocycles. The molecule has 4 rings (SSSR count). The molecule has 0 amide bonds. The van der Waals surface area contributed by atoms with E-state index in [0.29, 0.717) is 33.8 Å². The van der Waals surface area contributed by atoms with Crippen molar-refractivity contribution < 1.29 is 23.9 Å². The first-order valence-electron chi connectivity index (χ1n) is 9.56. The second-order valence-electron chi connectivity index (χ2n) is 6.91. The third kappa shape index (κ3) is 4.41. The van der Waals surface area contributed by atoms with Crippen LogP contribution in [0.25, 0.3) is 0 Å². The highest BCUT2D eigenvalue weighted by molar-refractivity contribution is 7.99. The first-order chi connectivity index (χ1) is 14.6. The number of rotatable bonds is 3. The number of hydrogen-bond donors (Lipinski definition) is 0. The maximum atomic E-state index is 12.9. The minimum absolute atomic E-state index is 0.0160. The van der Waals surface area contributed by atoms with E-state index >= 15 is 0 Å². The van der Waals surface area contributed by atoms with Crippen molar-refractivity contribution in [3.8, 4) is 23.7 Å². The quantitative estimate of drug-likeness (QED) is 0.555. The summed E-state index contributed by atoms with van der Waals surface area (Å²) in [6.45, 7) is 0.0160. The summed E-state index contributed by atoms with van der Waals surface area (Å²) in [5.41, 5.74) is 1.64. The van der Waals surface area contributed by atoms with Crippen molar-refractivity contribution in [1.29, 1.82) is 0 Å². The van der Waals surface area contributed by atoms with Gasteiger partial charge in [0.15, 0.2) is 17.7 Å². The van der Waals surface area contributed by atoms with Crippen LogP contribution in [0.2, 0.25) is 0 Å². The van der Waals surface area contributed by atoms with Crippen LogP contribution >= 0.6 is 11.8 Å². The molecule has 0 N–H and O–H groups in total. The molecule has 0 saturated heterocycles. The van der Waals surface area contributed by atoms with Crippen molar-refractivity contribution in [2.24, 2.45) is 0 Å². The van der Waals surface area contributed by atoms with Gasteiger partial charge in [0.25, 0.3) is 0 Å². The van der Waals surface area contributed by atoms with Crippen molar-refractivity contribution >= 4 is 29.3 Å². The van der Waals surface area contributed by atoms with Crippen molar-refractivity contribution in [3.05, 3.63) is 58.7 Å². The van der Waals surface area contributed by atoms with Gasteiger partial charge in [-0.05, 0) is 12.2 Å². The normalized spacial score (nSPS) is 23.7. The molecule has 0 spiro atoms. The van der Waals surface area contributed by atoms with Crippen molar-refractivity contribution in [1.82, 2.24) is 0 Å². The SMILES string of the molecule is O=C(C[C@H]1CC2=C(CO1)C(=O)c1ccccc1C2=O)OC1C#CCSCC#C/C=C\1. The van der Waals surface area contributed by atoms with Crippen LogP contribution in [0.5, 0.6) is 0 Å². The van der Waals surface area contributed by atoms with Gasteiger partial charge in [-0.15, -0.1) is 11.8 Å². The number of fused-ring (bicyclic) bond motifs is 1. The summed E-state index contributed by atoms with van der Waals surface area (Å²) in [4.78, 5) is 38.0. The Labute approximate surface area is 178 Å². The van der Waals surface area contributed by atoms with E-state index in [0.717, 1.165) is 0 Å². The average Bonchev–Trinajstić information content (AvgIpc) is 2.76. The van der Waals surface area contributed by atoms with Gasteiger partial charge in [-0.25, -0.2) is 0 Å². The first-order valence-corrected chi connectivity index (χ1v) is 10.7. The van der Waals surface area contributed by atoms with Gasteiger partial charge in [0.1, 0.15) is 0 Å². The molecule has 0 fully saturated rings. The second-order valence-corrected chi connectivity index (χ2v) is 7.89. The molecule has 0 saturated carbocycles. The molecule has 0 bridgehead atoms. The first kappa shape index (κ1) is 20.2. The molecule has 1 aliphatic carbocycles. The summed E-state index contributed by atoms with van der Waals surface area (Å²) in [7, 11) is 0. The third-order valence-electron chi connectivity index (χ3n) is 4.93. The number of benzene rings is 1. The van der Waals surface area contributed by atoms with Crippen molar-refractivity contribution in [3.63, 3.8) is 0 Å². The van der Waals surface area contributed by atoms with Crippen LogP contribution in [0.1, 0.15) is 33.6 Å². The number of ether oxygens (including phenoxy) is 2. The van der Waals surface area contributed by atoms with Crippen LogP contribution in [-0.2, 0) is 14.3 Å². The van der Waals surface area contributed by atoms with Crippen LogP contribution in [0.15, 0.2) is 47.6 Å². The number of Topliss-reactive ketones (excluding diaryl/α,β-unsaturated/α-hetero) is 2. The maximum Gasteiger partial charge on any atom is 0.310 e. The van der Waals surface area contributed by atoms with E-state index in [1.807, 2.05) is 0 Å². The largest absolute Gasteiger partial charge is 0.445 e. The third-order valence-corrected chi connectivity index (χ3v) is 5.62. The lowest BCUT2D eigenvalue weighted by Gasteiger charge is -2.29. The van der Waals surface area contributed by atoms with E-state index in [4.69, 9.17) is 9.47 Å². The Kier molecular flexibility index (Phi) is 6.18. The van der Waals surface area contributed by atoms with Crippen LogP contribution in [0, 0.1) is 23.7 Å². The average molecular weight is 418 g/mol. The fraction of sp³-hybridized carbons (Fsp3) is 0.292. The van der Waals surface area contributed by atoms with E-state index < -0.39 is 18.2 Å². The molecular weight excluding hydrogens is 400 g/mol. The smallest absolute Gasteiger partial charge is 0.310 e. The maximum absolute atomic E-state index is 12.9. The number of thioether (sulfide) groups is 1. The Hall–Kier alpha value is -3.06. The number of esters is 1. The zero-order chi connectivity index (χ0) is 20.9.